The molecule has 3 rings (SSSR count). The van der Waals surface area contributed by atoms with Crippen LogP contribution in [0.25, 0.3) is 0 Å². The van der Waals surface area contributed by atoms with Crippen LogP contribution in [-0.2, 0) is 32.6 Å². The number of hydrogen-bond acceptors (Lipinski definition) is 6. The van der Waals surface area contributed by atoms with Crippen LogP contribution in [-0.4, -0.2) is 66.7 Å². The highest BCUT2D eigenvalue weighted by molar-refractivity contribution is 7.89. The number of aromatic nitrogens is 2. The Labute approximate surface area is 173 Å². The van der Waals surface area contributed by atoms with Crippen LogP contribution < -0.4 is 0 Å². The van der Waals surface area contributed by atoms with Gasteiger partial charge in [0.05, 0.1) is 35.5 Å². The Morgan fingerprint density at radius 2 is 2.00 bits per heavy atom. The van der Waals surface area contributed by atoms with Crippen molar-refractivity contribution in [2.24, 2.45) is 0 Å². The Balaban J connectivity index is 1.76. The second kappa shape index (κ2) is 8.50. The molecule has 0 unspecified atom stereocenters. The molecule has 1 aliphatic heterocycles. The first kappa shape index (κ1) is 21.3. The lowest BCUT2D eigenvalue weighted by molar-refractivity contribution is -0.131. The number of morpholine rings is 1. The number of sulfonamides is 1. The highest BCUT2D eigenvalue weighted by Crippen LogP contribution is 2.25. The minimum absolute atomic E-state index is 0.0269. The number of aryl methyl sites for hydroxylation is 1. The Kier molecular flexibility index (Phi) is 6.45. The first-order valence-corrected chi connectivity index (χ1v) is 11.4. The number of nitrogens with zero attached hydrogens (tertiary/aromatic N) is 4. The molecule has 11 heteroatoms. The number of carbonyl (C=O) groups is 1. The number of rotatable bonds is 6. The van der Waals surface area contributed by atoms with Crippen molar-refractivity contribution in [1.29, 1.82) is 0 Å². The number of amides is 1. The molecule has 2 aromatic heterocycles. The van der Waals surface area contributed by atoms with Crippen molar-refractivity contribution in [3.63, 3.8) is 0 Å². The molecule has 1 aliphatic rings. The van der Waals surface area contributed by atoms with Gasteiger partial charge in [0.1, 0.15) is 11.4 Å². The molecule has 3 heterocycles. The summed E-state index contributed by atoms with van der Waals surface area (Å²) >= 11 is 7.36. The van der Waals surface area contributed by atoms with E-state index in [2.05, 4.69) is 5.10 Å². The van der Waals surface area contributed by atoms with Crippen LogP contribution in [0.3, 0.4) is 0 Å². The van der Waals surface area contributed by atoms with Gasteiger partial charge in [-0.1, -0.05) is 11.6 Å². The van der Waals surface area contributed by atoms with Crippen molar-refractivity contribution < 1.29 is 17.9 Å². The standard InChI is InChI=1S/C17H23ClN4O4S2/c1-12-17(28(24,25)21-6-8-26-9-7-21)13(2)22(19-12)11-16(23)20(3)10-14-4-5-15(18)27-14/h4-5H,6-11H2,1-3H3. The van der Waals surface area contributed by atoms with E-state index in [1.54, 1.807) is 31.9 Å². The van der Waals surface area contributed by atoms with E-state index in [1.807, 2.05) is 6.07 Å². The van der Waals surface area contributed by atoms with Gasteiger partial charge in [-0.05, 0) is 26.0 Å². The summed E-state index contributed by atoms with van der Waals surface area (Å²) in [6.45, 7) is 5.13. The average Bonchev–Trinajstić information content (AvgIpc) is 3.18. The normalized spacial score (nSPS) is 15.7. The summed E-state index contributed by atoms with van der Waals surface area (Å²) in [6, 6.07) is 3.68. The number of carbonyl (C=O) groups excluding carboxylic acids is 1. The zero-order valence-electron chi connectivity index (χ0n) is 16.0. The smallest absolute Gasteiger partial charge is 0.246 e. The average molecular weight is 447 g/mol. The molecule has 0 bridgehead atoms. The van der Waals surface area contributed by atoms with Crippen LogP contribution in [0.15, 0.2) is 17.0 Å². The number of halogens is 1. The zero-order valence-corrected chi connectivity index (χ0v) is 18.4. The Bertz CT molecular complexity index is 964. The number of ether oxygens (including phenoxy) is 1. The predicted octanol–water partition coefficient (Wildman–Crippen LogP) is 1.89. The fourth-order valence-electron chi connectivity index (χ4n) is 3.13. The van der Waals surface area contributed by atoms with Crippen LogP contribution in [0.1, 0.15) is 16.3 Å². The van der Waals surface area contributed by atoms with Gasteiger partial charge in [-0.25, -0.2) is 8.42 Å². The quantitative estimate of drug-likeness (QED) is 0.676. The molecular weight excluding hydrogens is 424 g/mol. The molecule has 28 heavy (non-hydrogen) atoms. The molecule has 0 aliphatic carbocycles. The van der Waals surface area contributed by atoms with Crippen molar-refractivity contribution in [1.82, 2.24) is 19.0 Å². The molecule has 0 spiro atoms. The lowest BCUT2D eigenvalue weighted by Crippen LogP contribution is -2.41. The summed E-state index contributed by atoms with van der Waals surface area (Å²) < 4.78 is 34.8. The molecular formula is C17H23ClN4O4S2. The SMILES string of the molecule is Cc1nn(CC(=O)N(C)Cc2ccc(Cl)s2)c(C)c1S(=O)(=O)N1CCOCC1. The van der Waals surface area contributed by atoms with E-state index in [-0.39, 0.29) is 17.3 Å². The summed E-state index contributed by atoms with van der Waals surface area (Å²) in [7, 11) is -1.97. The minimum atomic E-state index is -3.67. The maximum Gasteiger partial charge on any atom is 0.246 e. The first-order chi connectivity index (χ1) is 13.2. The highest BCUT2D eigenvalue weighted by atomic mass is 35.5. The summed E-state index contributed by atoms with van der Waals surface area (Å²) in [5.41, 5.74) is 0.856. The van der Waals surface area contributed by atoms with E-state index < -0.39 is 10.0 Å². The van der Waals surface area contributed by atoms with Crippen LogP contribution in [0.2, 0.25) is 4.34 Å². The fraction of sp³-hybridized carbons (Fsp3) is 0.529. The summed E-state index contributed by atoms with van der Waals surface area (Å²) in [4.78, 5) is 15.3. The highest BCUT2D eigenvalue weighted by Gasteiger charge is 2.32. The van der Waals surface area contributed by atoms with E-state index in [9.17, 15) is 13.2 Å². The van der Waals surface area contributed by atoms with Gasteiger partial charge in [-0.3, -0.25) is 9.48 Å². The molecule has 1 fully saturated rings. The van der Waals surface area contributed by atoms with Gasteiger partial charge in [0.25, 0.3) is 0 Å². The lowest BCUT2D eigenvalue weighted by atomic mass is 10.4. The summed E-state index contributed by atoms with van der Waals surface area (Å²) in [5.74, 6) is -0.162. The van der Waals surface area contributed by atoms with Crippen LogP contribution in [0.5, 0.6) is 0 Å². The monoisotopic (exact) mass is 446 g/mol. The van der Waals surface area contributed by atoms with Crippen LogP contribution in [0, 0.1) is 13.8 Å². The molecule has 2 aromatic rings. The van der Waals surface area contributed by atoms with Crippen molar-refractivity contribution in [2.75, 3.05) is 33.4 Å². The number of hydrogen-bond donors (Lipinski definition) is 0. The third-order valence-corrected chi connectivity index (χ3v) is 7.98. The van der Waals surface area contributed by atoms with Gasteiger partial charge in [0.2, 0.25) is 15.9 Å². The van der Waals surface area contributed by atoms with E-state index in [0.717, 1.165) is 4.88 Å². The Morgan fingerprint density at radius 1 is 1.32 bits per heavy atom. The van der Waals surface area contributed by atoms with Crippen molar-refractivity contribution in [2.45, 2.75) is 31.8 Å². The van der Waals surface area contributed by atoms with Gasteiger partial charge in [-0.15, -0.1) is 11.3 Å². The van der Waals surface area contributed by atoms with E-state index in [0.29, 0.717) is 48.6 Å². The number of thiophene rings is 1. The third-order valence-electron chi connectivity index (χ3n) is 4.62. The summed E-state index contributed by atoms with van der Waals surface area (Å²) in [6.07, 6.45) is 0. The van der Waals surface area contributed by atoms with Gasteiger partial charge in [-0.2, -0.15) is 9.40 Å². The second-order valence-corrected chi connectivity index (χ2v) is 10.3. The maximum atomic E-state index is 13.0. The fourth-order valence-corrected chi connectivity index (χ4v) is 6.05. The zero-order chi connectivity index (χ0) is 20.5. The van der Waals surface area contributed by atoms with E-state index in [1.165, 1.54) is 20.3 Å². The van der Waals surface area contributed by atoms with Crippen LogP contribution in [0.4, 0.5) is 0 Å². The molecule has 0 N–H and O–H groups in total. The molecule has 0 atom stereocenters. The lowest BCUT2D eigenvalue weighted by Gasteiger charge is -2.26. The van der Waals surface area contributed by atoms with Crippen molar-refractivity contribution in [3.8, 4) is 0 Å². The molecule has 1 saturated heterocycles. The molecule has 0 radical (unpaired) electrons. The van der Waals surface area contributed by atoms with Gasteiger partial charge < -0.3 is 9.64 Å². The molecule has 8 nitrogen and oxygen atoms in total. The minimum Gasteiger partial charge on any atom is -0.379 e. The topological polar surface area (TPSA) is 84.7 Å². The van der Waals surface area contributed by atoms with Crippen LogP contribution >= 0.6 is 22.9 Å². The largest absolute Gasteiger partial charge is 0.379 e. The molecule has 154 valence electrons. The van der Waals surface area contributed by atoms with Crippen molar-refractivity contribution >= 4 is 38.9 Å². The molecule has 0 saturated carbocycles. The first-order valence-electron chi connectivity index (χ1n) is 8.80. The Hall–Kier alpha value is -1.46. The van der Waals surface area contributed by atoms with E-state index in [4.69, 9.17) is 16.3 Å². The predicted molar refractivity (Wildman–Crippen MR) is 107 cm³/mol. The second-order valence-electron chi connectivity index (χ2n) is 6.63. The Morgan fingerprint density at radius 3 is 2.61 bits per heavy atom. The summed E-state index contributed by atoms with van der Waals surface area (Å²) in [5, 5.41) is 4.32. The molecule has 1 amide bonds. The van der Waals surface area contributed by atoms with Gasteiger partial charge in [0, 0.05) is 25.0 Å². The maximum absolute atomic E-state index is 13.0. The van der Waals surface area contributed by atoms with Gasteiger partial charge >= 0.3 is 0 Å². The van der Waals surface area contributed by atoms with Gasteiger partial charge in [0.15, 0.2) is 0 Å². The van der Waals surface area contributed by atoms with E-state index >= 15 is 0 Å². The number of likely N-dealkylation sites (N-methyl/N-ethyl adjacent to an activating group) is 1. The molecule has 0 aromatic carbocycles. The third kappa shape index (κ3) is 4.41. The van der Waals surface area contributed by atoms with Crippen molar-refractivity contribution in [3.05, 3.63) is 32.7 Å².